The zero-order valence-electron chi connectivity index (χ0n) is 25.6. The maximum absolute atomic E-state index is 12.3. The number of ether oxygens (including phenoxy) is 1. The van der Waals surface area contributed by atoms with Crippen LogP contribution in [0.2, 0.25) is 10.0 Å². The first kappa shape index (κ1) is 32.5. The van der Waals surface area contributed by atoms with Crippen molar-refractivity contribution < 1.29 is 19.4 Å². The zero-order valence-corrected chi connectivity index (χ0v) is 27.1. The van der Waals surface area contributed by atoms with E-state index in [0.29, 0.717) is 46.0 Å². The fourth-order valence-electron chi connectivity index (χ4n) is 4.97. The van der Waals surface area contributed by atoms with Crippen LogP contribution in [0, 0.1) is 5.92 Å². The molecule has 0 bridgehead atoms. The van der Waals surface area contributed by atoms with E-state index < -0.39 is 5.97 Å². The lowest BCUT2D eigenvalue weighted by Gasteiger charge is -2.13. The van der Waals surface area contributed by atoms with Crippen molar-refractivity contribution in [1.82, 2.24) is 9.55 Å². The summed E-state index contributed by atoms with van der Waals surface area (Å²) in [4.78, 5) is 28.5. The summed E-state index contributed by atoms with van der Waals surface area (Å²) in [7, 11) is 1.59. The Hall–Kier alpha value is -4.85. The molecule has 0 aliphatic heterocycles. The van der Waals surface area contributed by atoms with Crippen LogP contribution >= 0.6 is 23.2 Å². The number of anilines is 1. The Kier molecular flexibility index (Phi) is 10.3. The number of carbonyl (C=O) groups excluding carboxylic acids is 1. The molecule has 0 unspecified atom stereocenters. The van der Waals surface area contributed by atoms with E-state index in [1.165, 1.54) is 0 Å². The smallest absolute Gasteiger partial charge is 0.335 e. The molecule has 2 N–H and O–H groups in total. The molecule has 46 heavy (non-hydrogen) atoms. The second kappa shape index (κ2) is 14.5. The standard InChI is InChI=1S/C37H33Cl2N3O4/c1-23(2)18-36(43)41-32-16-13-28(19-34(32)46-3)26-9-4-24(5-10-26)8-17-35-40-33(30-15-14-29(38)20-31(30)39)22-42(35)21-25-6-11-27(12-7-25)37(44)45/h4-17,19-20,22-23H,18,21H2,1-3H3,(H,41,43)(H,44,45)/b17-8+. The van der Waals surface area contributed by atoms with Gasteiger partial charge < -0.3 is 19.7 Å². The van der Waals surface area contributed by atoms with Crippen molar-refractivity contribution in [1.29, 1.82) is 0 Å². The quantitative estimate of drug-likeness (QED) is 0.148. The van der Waals surface area contributed by atoms with E-state index in [1.807, 2.05) is 85.3 Å². The van der Waals surface area contributed by atoms with Crippen molar-refractivity contribution in [3.8, 4) is 28.1 Å². The summed E-state index contributed by atoms with van der Waals surface area (Å²) < 4.78 is 7.56. The minimum absolute atomic E-state index is 0.0442. The van der Waals surface area contributed by atoms with Gasteiger partial charge in [-0.3, -0.25) is 4.79 Å². The molecule has 0 spiro atoms. The van der Waals surface area contributed by atoms with Crippen LogP contribution in [0.5, 0.6) is 5.75 Å². The number of carboxylic acid groups (broad SMARTS) is 1. The molecule has 5 aromatic rings. The average Bonchev–Trinajstić information content (AvgIpc) is 3.42. The van der Waals surface area contributed by atoms with Gasteiger partial charge in [0.2, 0.25) is 5.91 Å². The van der Waals surface area contributed by atoms with Crippen LogP contribution in [-0.2, 0) is 11.3 Å². The van der Waals surface area contributed by atoms with Crippen LogP contribution in [0.25, 0.3) is 34.5 Å². The van der Waals surface area contributed by atoms with Gasteiger partial charge in [0.05, 0.1) is 29.1 Å². The van der Waals surface area contributed by atoms with Crippen LogP contribution in [-0.4, -0.2) is 33.6 Å². The molecule has 4 aromatic carbocycles. The summed E-state index contributed by atoms with van der Waals surface area (Å²) in [6.45, 7) is 4.49. The molecular formula is C37H33Cl2N3O4. The Morgan fingerprint density at radius 3 is 2.30 bits per heavy atom. The zero-order chi connectivity index (χ0) is 32.8. The lowest BCUT2D eigenvalue weighted by atomic mass is 10.0. The van der Waals surface area contributed by atoms with E-state index in [-0.39, 0.29) is 17.4 Å². The highest BCUT2D eigenvalue weighted by atomic mass is 35.5. The number of carbonyl (C=O) groups is 2. The van der Waals surface area contributed by atoms with Crippen LogP contribution < -0.4 is 10.1 Å². The van der Waals surface area contributed by atoms with E-state index in [0.717, 1.165) is 27.8 Å². The van der Waals surface area contributed by atoms with Gasteiger partial charge in [-0.05, 0) is 76.7 Å². The number of imidazole rings is 1. The summed E-state index contributed by atoms with van der Waals surface area (Å²) in [5, 5.41) is 13.2. The molecule has 5 rings (SSSR count). The number of aromatic nitrogens is 2. The number of nitrogens with one attached hydrogen (secondary N) is 1. The molecule has 0 aliphatic rings. The Bertz CT molecular complexity index is 1900. The normalized spacial score (nSPS) is 11.3. The third-order valence-corrected chi connectivity index (χ3v) is 7.85. The van der Waals surface area contributed by atoms with Crippen molar-refractivity contribution >= 4 is 52.9 Å². The summed E-state index contributed by atoms with van der Waals surface area (Å²) in [5.74, 6) is 0.550. The molecular weight excluding hydrogens is 621 g/mol. The van der Waals surface area contributed by atoms with Gasteiger partial charge in [0, 0.05) is 29.7 Å². The molecule has 9 heteroatoms. The Labute approximate surface area is 278 Å². The average molecular weight is 655 g/mol. The van der Waals surface area contributed by atoms with E-state index >= 15 is 0 Å². The first-order chi connectivity index (χ1) is 22.1. The topological polar surface area (TPSA) is 93.5 Å². The van der Waals surface area contributed by atoms with E-state index in [1.54, 1.807) is 43.5 Å². The summed E-state index contributed by atoms with van der Waals surface area (Å²) >= 11 is 12.6. The maximum atomic E-state index is 12.3. The molecule has 0 saturated heterocycles. The lowest BCUT2D eigenvalue weighted by Crippen LogP contribution is -2.14. The Balaban J connectivity index is 1.39. The molecule has 0 atom stereocenters. The van der Waals surface area contributed by atoms with Gasteiger partial charge in [0.25, 0.3) is 0 Å². The van der Waals surface area contributed by atoms with E-state index in [2.05, 4.69) is 5.32 Å². The molecule has 0 aliphatic carbocycles. The minimum atomic E-state index is -0.967. The first-order valence-corrected chi connectivity index (χ1v) is 15.5. The van der Waals surface area contributed by atoms with Crippen LogP contribution in [0.4, 0.5) is 5.69 Å². The highest BCUT2D eigenvalue weighted by Crippen LogP contribution is 2.32. The predicted octanol–water partition coefficient (Wildman–Crippen LogP) is 9.43. The number of hydrogen-bond acceptors (Lipinski definition) is 4. The molecule has 7 nitrogen and oxygen atoms in total. The monoisotopic (exact) mass is 653 g/mol. The number of aromatic carboxylic acids is 1. The summed E-state index contributed by atoms with van der Waals surface area (Å²) in [6.07, 6.45) is 6.28. The number of halogens is 2. The maximum Gasteiger partial charge on any atom is 0.335 e. The number of methoxy groups -OCH3 is 1. The highest BCUT2D eigenvalue weighted by Gasteiger charge is 2.13. The number of hydrogen-bond donors (Lipinski definition) is 2. The van der Waals surface area contributed by atoms with Crippen molar-refractivity contribution in [3.63, 3.8) is 0 Å². The fraction of sp³-hybridized carbons (Fsp3) is 0.162. The van der Waals surface area contributed by atoms with Gasteiger partial charge in [0.15, 0.2) is 0 Å². The number of benzene rings is 4. The molecule has 1 aromatic heterocycles. The highest BCUT2D eigenvalue weighted by molar-refractivity contribution is 6.36. The number of rotatable bonds is 11. The lowest BCUT2D eigenvalue weighted by molar-refractivity contribution is -0.116. The van der Waals surface area contributed by atoms with E-state index in [4.69, 9.17) is 32.9 Å². The molecule has 234 valence electrons. The summed E-state index contributed by atoms with van der Waals surface area (Å²) in [6, 6.07) is 25.9. The van der Waals surface area contributed by atoms with Crippen molar-refractivity contribution in [2.24, 2.45) is 5.92 Å². The first-order valence-electron chi connectivity index (χ1n) is 14.7. The summed E-state index contributed by atoms with van der Waals surface area (Å²) in [5.41, 5.74) is 6.18. The second-order valence-electron chi connectivity index (χ2n) is 11.3. The predicted molar refractivity (Wildman–Crippen MR) is 186 cm³/mol. The molecule has 1 heterocycles. The van der Waals surface area contributed by atoms with Gasteiger partial charge in [-0.25, -0.2) is 9.78 Å². The largest absolute Gasteiger partial charge is 0.495 e. The minimum Gasteiger partial charge on any atom is -0.495 e. The van der Waals surface area contributed by atoms with Gasteiger partial charge in [0.1, 0.15) is 11.6 Å². The SMILES string of the molecule is COc1cc(-c2ccc(/C=C/c3nc(-c4ccc(Cl)cc4Cl)cn3Cc3ccc(C(=O)O)cc3)cc2)ccc1NC(=O)CC(C)C. The fourth-order valence-corrected chi connectivity index (χ4v) is 5.48. The number of carboxylic acids is 1. The van der Waals surface area contributed by atoms with Crippen molar-refractivity contribution in [2.75, 3.05) is 12.4 Å². The second-order valence-corrected chi connectivity index (χ2v) is 12.1. The van der Waals surface area contributed by atoms with Crippen LogP contribution in [0.1, 0.15) is 47.6 Å². The van der Waals surface area contributed by atoms with Gasteiger partial charge in [-0.2, -0.15) is 0 Å². The number of amides is 1. The van der Waals surface area contributed by atoms with Crippen molar-refractivity contribution in [3.05, 3.63) is 124 Å². The Morgan fingerprint density at radius 2 is 1.65 bits per heavy atom. The van der Waals surface area contributed by atoms with Crippen molar-refractivity contribution in [2.45, 2.75) is 26.8 Å². The third-order valence-electron chi connectivity index (χ3n) is 7.31. The molecule has 0 fully saturated rings. The Morgan fingerprint density at radius 1 is 0.935 bits per heavy atom. The van der Waals surface area contributed by atoms with Crippen LogP contribution in [0.15, 0.2) is 91.1 Å². The third kappa shape index (κ3) is 8.05. The molecule has 0 saturated carbocycles. The molecule has 0 radical (unpaired) electrons. The van der Waals surface area contributed by atoms with Gasteiger partial charge >= 0.3 is 5.97 Å². The van der Waals surface area contributed by atoms with Crippen LogP contribution in [0.3, 0.4) is 0 Å². The number of nitrogens with zero attached hydrogens (tertiary/aromatic N) is 2. The molecule has 1 amide bonds. The van der Waals surface area contributed by atoms with E-state index in [9.17, 15) is 14.7 Å². The van der Waals surface area contributed by atoms with Gasteiger partial charge in [-0.15, -0.1) is 0 Å². The van der Waals surface area contributed by atoms with Gasteiger partial charge in [-0.1, -0.05) is 85.6 Å².